The van der Waals surface area contributed by atoms with E-state index in [1.165, 1.54) is 32.1 Å². The molecule has 0 aromatic heterocycles. The quantitative estimate of drug-likeness (QED) is 0.562. The zero-order chi connectivity index (χ0) is 14.2. The highest BCUT2D eigenvalue weighted by Gasteiger charge is 2.30. The number of unbranched alkanes of at least 4 members (excludes halogenated alkanes) is 1. The molecule has 1 N–H and O–H groups in total. The van der Waals surface area contributed by atoms with Crippen LogP contribution in [0.3, 0.4) is 0 Å². The van der Waals surface area contributed by atoms with E-state index in [1.807, 2.05) is 0 Å². The average molecular weight is 255 g/mol. The summed E-state index contributed by atoms with van der Waals surface area (Å²) in [6.07, 6.45) is 6.85. The molecule has 1 heteroatoms. The summed E-state index contributed by atoms with van der Waals surface area (Å²) in [7, 11) is 0. The maximum Gasteiger partial charge on any atom is 0.00106 e. The fraction of sp³-hybridized carbons (Fsp3) is 1.00. The third-order valence-electron chi connectivity index (χ3n) is 4.61. The van der Waals surface area contributed by atoms with Crippen molar-refractivity contribution in [3.63, 3.8) is 0 Å². The maximum absolute atomic E-state index is 3.65. The van der Waals surface area contributed by atoms with Gasteiger partial charge in [0, 0.05) is 12.6 Å². The monoisotopic (exact) mass is 255 g/mol. The zero-order valence-corrected chi connectivity index (χ0v) is 14.0. The van der Waals surface area contributed by atoms with Crippen molar-refractivity contribution in [2.75, 3.05) is 6.54 Å². The first-order chi connectivity index (χ1) is 8.35. The Morgan fingerprint density at radius 3 is 2.06 bits per heavy atom. The van der Waals surface area contributed by atoms with Crippen LogP contribution in [-0.2, 0) is 0 Å². The summed E-state index contributed by atoms with van der Waals surface area (Å²) >= 11 is 0. The smallest absolute Gasteiger partial charge is 0.00106 e. The Kier molecular flexibility index (Phi) is 8.94. The van der Waals surface area contributed by atoms with Gasteiger partial charge in [-0.2, -0.15) is 0 Å². The average Bonchev–Trinajstić information content (AvgIpc) is 2.31. The minimum Gasteiger partial charge on any atom is -0.314 e. The predicted octanol–water partition coefficient (Wildman–Crippen LogP) is 5.25. The van der Waals surface area contributed by atoms with E-state index < -0.39 is 0 Å². The van der Waals surface area contributed by atoms with Crippen LogP contribution in [0, 0.1) is 17.3 Å². The van der Waals surface area contributed by atoms with Crippen LogP contribution in [0.15, 0.2) is 0 Å². The van der Waals surface area contributed by atoms with Crippen molar-refractivity contribution >= 4 is 0 Å². The molecule has 0 radical (unpaired) electrons. The predicted molar refractivity (Wildman–Crippen MR) is 84.0 cm³/mol. The molecule has 1 nitrogen and oxygen atoms in total. The second-order valence-electron chi connectivity index (χ2n) is 6.96. The Morgan fingerprint density at radius 2 is 1.67 bits per heavy atom. The molecule has 0 aromatic rings. The molecule has 0 fully saturated rings. The molecule has 0 spiro atoms. The first-order valence-electron chi connectivity index (χ1n) is 8.09. The molecule has 0 bridgehead atoms. The van der Waals surface area contributed by atoms with E-state index in [1.54, 1.807) is 0 Å². The third-order valence-corrected chi connectivity index (χ3v) is 4.61. The van der Waals surface area contributed by atoms with Gasteiger partial charge in [-0.1, -0.05) is 74.1 Å². The van der Waals surface area contributed by atoms with Crippen molar-refractivity contribution < 1.29 is 0 Å². The van der Waals surface area contributed by atoms with E-state index in [0.29, 0.717) is 11.5 Å². The van der Waals surface area contributed by atoms with E-state index in [0.717, 1.165) is 18.4 Å². The maximum atomic E-state index is 3.65. The van der Waals surface area contributed by atoms with Gasteiger partial charge in [-0.15, -0.1) is 0 Å². The summed E-state index contributed by atoms with van der Waals surface area (Å²) in [6.45, 7) is 17.5. The van der Waals surface area contributed by atoms with Crippen LogP contribution in [0.1, 0.15) is 80.6 Å². The van der Waals surface area contributed by atoms with Crippen molar-refractivity contribution in [1.82, 2.24) is 5.32 Å². The van der Waals surface area contributed by atoms with Crippen molar-refractivity contribution in [2.24, 2.45) is 17.3 Å². The molecule has 2 unspecified atom stereocenters. The van der Waals surface area contributed by atoms with Crippen LogP contribution >= 0.6 is 0 Å². The van der Waals surface area contributed by atoms with Crippen LogP contribution in [0.25, 0.3) is 0 Å². The standard InChI is InChI=1S/C17H37N/c1-8-10-11-16(9-2)12-17(7,14(3)4)13-18-15(5)6/h14-16,18H,8-13H2,1-7H3. The van der Waals surface area contributed by atoms with Crippen LogP contribution in [-0.4, -0.2) is 12.6 Å². The van der Waals surface area contributed by atoms with Gasteiger partial charge in [-0.05, 0) is 23.7 Å². The lowest BCUT2D eigenvalue weighted by atomic mass is 9.71. The molecule has 0 saturated carbocycles. The summed E-state index contributed by atoms with van der Waals surface area (Å²) in [6, 6.07) is 0.596. The normalized spacial score (nSPS) is 17.2. The van der Waals surface area contributed by atoms with Gasteiger partial charge in [0.25, 0.3) is 0 Å². The number of nitrogens with one attached hydrogen (secondary N) is 1. The molecule has 18 heavy (non-hydrogen) atoms. The van der Waals surface area contributed by atoms with E-state index in [-0.39, 0.29) is 0 Å². The molecule has 0 saturated heterocycles. The van der Waals surface area contributed by atoms with E-state index >= 15 is 0 Å². The Labute approximate surface area is 116 Å². The van der Waals surface area contributed by atoms with Crippen molar-refractivity contribution in [2.45, 2.75) is 86.6 Å². The van der Waals surface area contributed by atoms with Gasteiger partial charge in [-0.25, -0.2) is 0 Å². The highest BCUT2D eigenvalue weighted by Crippen LogP contribution is 2.36. The number of hydrogen-bond acceptors (Lipinski definition) is 1. The Bertz CT molecular complexity index is 198. The summed E-state index contributed by atoms with van der Waals surface area (Å²) < 4.78 is 0. The number of rotatable bonds is 10. The minimum atomic E-state index is 0.443. The van der Waals surface area contributed by atoms with Gasteiger partial charge >= 0.3 is 0 Å². The van der Waals surface area contributed by atoms with Crippen LogP contribution < -0.4 is 5.32 Å². The lowest BCUT2D eigenvalue weighted by Gasteiger charge is -2.38. The molecule has 0 aliphatic carbocycles. The molecule has 2 atom stereocenters. The van der Waals surface area contributed by atoms with Crippen molar-refractivity contribution in [3.8, 4) is 0 Å². The highest BCUT2D eigenvalue weighted by molar-refractivity contribution is 4.83. The Balaban J connectivity index is 4.46. The van der Waals surface area contributed by atoms with Crippen LogP contribution in [0.2, 0.25) is 0 Å². The Hall–Kier alpha value is -0.0400. The van der Waals surface area contributed by atoms with E-state index in [4.69, 9.17) is 0 Å². The molecule has 0 aliphatic rings. The largest absolute Gasteiger partial charge is 0.314 e. The highest BCUT2D eigenvalue weighted by atomic mass is 14.9. The van der Waals surface area contributed by atoms with E-state index in [9.17, 15) is 0 Å². The molecule has 0 heterocycles. The molecule has 110 valence electrons. The Morgan fingerprint density at radius 1 is 1.06 bits per heavy atom. The van der Waals surface area contributed by atoms with Crippen LogP contribution in [0.5, 0.6) is 0 Å². The van der Waals surface area contributed by atoms with Gasteiger partial charge < -0.3 is 5.32 Å². The van der Waals surface area contributed by atoms with Gasteiger partial charge in [0.2, 0.25) is 0 Å². The lowest BCUT2D eigenvalue weighted by molar-refractivity contribution is 0.146. The van der Waals surface area contributed by atoms with E-state index in [2.05, 4.69) is 53.8 Å². The summed E-state index contributed by atoms with van der Waals surface area (Å²) in [5.41, 5.74) is 0.443. The summed E-state index contributed by atoms with van der Waals surface area (Å²) in [5, 5.41) is 3.65. The SMILES string of the molecule is CCCCC(CC)CC(C)(CNC(C)C)C(C)C. The first kappa shape index (κ1) is 18.0. The van der Waals surface area contributed by atoms with Gasteiger partial charge in [0.15, 0.2) is 0 Å². The molecular weight excluding hydrogens is 218 g/mol. The fourth-order valence-corrected chi connectivity index (χ4v) is 2.55. The third kappa shape index (κ3) is 6.78. The molecule has 0 aliphatic heterocycles. The molecule has 0 aromatic carbocycles. The first-order valence-corrected chi connectivity index (χ1v) is 8.09. The summed E-state index contributed by atoms with van der Waals surface area (Å²) in [4.78, 5) is 0. The molecule has 0 amide bonds. The molecule has 0 rings (SSSR count). The second kappa shape index (κ2) is 8.96. The van der Waals surface area contributed by atoms with Gasteiger partial charge in [0.05, 0.1) is 0 Å². The lowest BCUT2D eigenvalue weighted by Crippen LogP contribution is -2.40. The minimum absolute atomic E-state index is 0.443. The van der Waals surface area contributed by atoms with Crippen molar-refractivity contribution in [1.29, 1.82) is 0 Å². The topological polar surface area (TPSA) is 12.0 Å². The zero-order valence-electron chi connectivity index (χ0n) is 14.0. The number of hydrogen-bond donors (Lipinski definition) is 1. The summed E-state index contributed by atoms with van der Waals surface area (Å²) in [5.74, 6) is 1.66. The second-order valence-corrected chi connectivity index (χ2v) is 6.96. The molecular formula is C17H37N. The van der Waals surface area contributed by atoms with Crippen molar-refractivity contribution in [3.05, 3.63) is 0 Å². The van der Waals surface area contributed by atoms with Crippen LogP contribution in [0.4, 0.5) is 0 Å². The van der Waals surface area contributed by atoms with Gasteiger partial charge in [-0.3, -0.25) is 0 Å². The fourth-order valence-electron chi connectivity index (χ4n) is 2.55. The van der Waals surface area contributed by atoms with Gasteiger partial charge in [0.1, 0.15) is 0 Å².